The van der Waals surface area contributed by atoms with Crippen LogP contribution in [0, 0.1) is 10.1 Å². The first-order chi connectivity index (χ1) is 9.61. The van der Waals surface area contributed by atoms with Crippen LogP contribution < -0.4 is 10.6 Å². The van der Waals surface area contributed by atoms with Crippen LogP contribution in [0.3, 0.4) is 0 Å². The topological polar surface area (TPSA) is 84.3 Å². The van der Waals surface area contributed by atoms with E-state index in [1.54, 1.807) is 17.8 Å². The highest BCUT2D eigenvalue weighted by molar-refractivity contribution is 7.98. The minimum Gasteiger partial charge on any atom is -0.379 e. The molecule has 0 atom stereocenters. The van der Waals surface area contributed by atoms with Crippen molar-refractivity contribution in [2.45, 2.75) is 13.3 Å². The lowest BCUT2D eigenvalue weighted by Gasteiger charge is -2.11. The van der Waals surface area contributed by atoms with E-state index < -0.39 is 4.92 Å². The number of anilines is 1. The van der Waals surface area contributed by atoms with Crippen LogP contribution in [-0.4, -0.2) is 35.9 Å². The molecule has 1 amide bonds. The van der Waals surface area contributed by atoms with Crippen molar-refractivity contribution in [1.29, 1.82) is 0 Å². The Labute approximate surface area is 122 Å². The van der Waals surface area contributed by atoms with E-state index in [4.69, 9.17) is 0 Å². The third-order valence-electron chi connectivity index (χ3n) is 2.63. The smallest absolute Gasteiger partial charge is 0.293 e. The number of para-hydroxylation sites is 1. The van der Waals surface area contributed by atoms with Crippen LogP contribution in [-0.2, 0) is 0 Å². The molecule has 0 unspecified atom stereocenters. The summed E-state index contributed by atoms with van der Waals surface area (Å²) >= 11 is 1.63. The molecule has 0 saturated heterocycles. The molecule has 0 bridgehead atoms. The van der Waals surface area contributed by atoms with E-state index in [0.29, 0.717) is 24.3 Å². The molecule has 110 valence electrons. The molecule has 0 spiro atoms. The molecule has 0 aromatic heterocycles. The van der Waals surface area contributed by atoms with Crippen molar-refractivity contribution < 1.29 is 9.72 Å². The van der Waals surface area contributed by atoms with Crippen molar-refractivity contribution in [2.24, 2.45) is 0 Å². The molecule has 6 nitrogen and oxygen atoms in total. The first kappa shape index (κ1) is 16.3. The standard InChI is InChI=1S/C13H19N3O3S/c1-3-7-14-12-10(13(17)15-8-9-20-2)5-4-6-11(12)16(18)19/h4-6,14H,3,7-9H2,1-2H3,(H,15,17). The van der Waals surface area contributed by atoms with Gasteiger partial charge < -0.3 is 10.6 Å². The lowest BCUT2D eigenvalue weighted by Crippen LogP contribution is -2.27. The highest BCUT2D eigenvalue weighted by atomic mass is 32.2. The summed E-state index contributed by atoms with van der Waals surface area (Å²) in [5.41, 5.74) is 0.533. The summed E-state index contributed by atoms with van der Waals surface area (Å²) in [6.07, 6.45) is 2.77. The number of carbonyl (C=O) groups is 1. The minimum atomic E-state index is -0.476. The van der Waals surface area contributed by atoms with Crippen molar-refractivity contribution in [3.05, 3.63) is 33.9 Å². The van der Waals surface area contributed by atoms with E-state index in [1.165, 1.54) is 12.1 Å². The monoisotopic (exact) mass is 297 g/mol. The van der Waals surface area contributed by atoms with Gasteiger partial charge in [-0.1, -0.05) is 13.0 Å². The number of benzene rings is 1. The number of amides is 1. The lowest BCUT2D eigenvalue weighted by molar-refractivity contribution is -0.384. The molecule has 0 heterocycles. The first-order valence-electron chi connectivity index (χ1n) is 6.40. The van der Waals surface area contributed by atoms with E-state index in [9.17, 15) is 14.9 Å². The van der Waals surface area contributed by atoms with Crippen LogP contribution in [0.2, 0.25) is 0 Å². The molecule has 0 saturated carbocycles. The zero-order valence-electron chi connectivity index (χ0n) is 11.6. The molecule has 0 fully saturated rings. The van der Waals surface area contributed by atoms with Crippen LogP contribution >= 0.6 is 11.8 Å². The van der Waals surface area contributed by atoms with Crippen LogP contribution in [0.5, 0.6) is 0 Å². The van der Waals surface area contributed by atoms with Crippen LogP contribution in [0.15, 0.2) is 18.2 Å². The van der Waals surface area contributed by atoms with Gasteiger partial charge in [0.15, 0.2) is 0 Å². The summed E-state index contributed by atoms with van der Waals surface area (Å²) in [5, 5.41) is 16.8. The Morgan fingerprint density at radius 3 is 2.75 bits per heavy atom. The Bertz CT molecular complexity index is 480. The Balaban J connectivity index is 3.01. The van der Waals surface area contributed by atoms with E-state index in [2.05, 4.69) is 10.6 Å². The van der Waals surface area contributed by atoms with Gasteiger partial charge in [0.05, 0.1) is 10.5 Å². The van der Waals surface area contributed by atoms with E-state index in [1.807, 2.05) is 13.2 Å². The molecular formula is C13H19N3O3S. The van der Waals surface area contributed by atoms with Crippen molar-refractivity contribution >= 4 is 29.0 Å². The number of rotatable bonds is 8. The quantitative estimate of drug-likeness (QED) is 0.437. The Kier molecular flexibility index (Phi) is 6.86. The first-order valence-corrected chi connectivity index (χ1v) is 7.79. The second-order valence-corrected chi connectivity index (χ2v) is 5.12. The Hall–Kier alpha value is -1.76. The third-order valence-corrected chi connectivity index (χ3v) is 3.24. The summed E-state index contributed by atoms with van der Waals surface area (Å²) in [4.78, 5) is 22.7. The highest BCUT2D eigenvalue weighted by Gasteiger charge is 2.20. The molecule has 0 radical (unpaired) electrons. The lowest BCUT2D eigenvalue weighted by atomic mass is 10.1. The number of nitro groups is 1. The normalized spacial score (nSPS) is 10.1. The number of hydrogen-bond acceptors (Lipinski definition) is 5. The van der Waals surface area contributed by atoms with Gasteiger partial charge in [0.2, 0.25) is 0 Å². The molecule has 1 aromatic rings. The van der Waals surface area contributed by atoms with Gasteiger partial charge in [-0.15, -0.1) is 0 Å². The summed E-state index contributed by atoms with van der Waals surface area (Å²) in [7, 11) is 0. The van der Waals surface area contributed by atoms with Crippen molar-refractivity contribution in [3.63, 3.8) is 0 Å². The molecule has 0 aliphatic carbocycles. The maximum absolute atomic E-state index is 12.1. The molecule has 1 aromatic carbocycles. The number of nitrogens with one attached hydrogen (secondary N) is 2. The van der Waals surface area contributed by atoms with Crippen LogP contribution in [0.1, 0.15) is 23.7 Å². The summed E-state index contributed by atoms with van der Waals surface area (Å²) in [5.74, 6) is 0.514. The van der Waals surface area contributed by atoms with E-state index >= 15 is 0 Å². The van der Waals surface area contributed by atoms with E-state index in [-0.39, 0.29) is 11.6 Å². The molecule has 2 N–H and O–H groups in total. The van der Waals surface area contributed by atoms with Crippen molar-refractivity contribution in [3.8, 4) is 0 Å². The largest absolute Gasteiger partial charge is 0.379 e. The number of hydrogen-bond donors (Lipinski definition) is 2. The number of carbonyl (C=O) groups excluding carboxylic acids is 1. The van der Waals surface area contributed by atoms with Gasteiger partial charge in [-0.2, -0.15) is 11.8 Å². The van der Waals surface area contributed by atoms with Gasteiger partial charge in [-0.05, 0) is 18.7 Å². The number of thioether (sulfide) groups is 1. The fourth-order valence-electron chi connectivity index (χ4n) is 1.68. The number of nitrogens with zero attached hydrogens (tertiary/aromatic N) is 1. The van der Waals surface area contributed by atoms with Gasteiger partial charge >= 0.3 is 0 Å². The zero-order chi connectivity index (χ0) is 15.0. The fourth-order valence-corrected chi connectivity index (χ4v) is 1.99. The van der Waals surface area contributed by atoms with Crippen molar-refractivity contribution in [1.82, 2.24) is 5.32 Å². The van der Waals surface area contributed by atoms with Crippen LogP contribution in [0.25, 0.3) is 0 Å². The predicted molar refractivity (Wildman–Crippen MR) is 82.6 cm³/mol. The maximum Gasteiger partial charge on any atom is 0.293 e. The minimum absolute atomic E-state index is 0.0732. The molecule has 0 aliphatic rings. The summed E-state index contributed by atoms with van der Waals surface area (Å²) in [6, 6.07) is 4.52. The maximum atomic E-state index is 12.1. The van der Waals surface area contributed by atoms with Crippen molar-refractivity contribution in [2.75, 3.05) is 30.4 Å². The van der Waals surface area contributed by atoms with Crippen LogP contribution in [0.4, 0.5) is 11.4 Å². The second-order valence-electron chi connectivity index (χ2n) is 4.13. The van der Waals surface area contributed by atoms with E-state index in [0.717, 1.165) is 12.2 Å². The molecule has 20 heavy (non-hydrogen) atoms. The average molecular weight is 297 g/mol. The van der Waals surface area contributed by atoms with Gasteiger partial charge in [0, 0.05) is 24.9 Å². The molecule has 0 aliphatic heterocycles. The predicted octanol–water partition coefficient (Wildman–Crippen LogP) is 2.51. The Morgan fingerprint density at radius 2 is 2.15 bits per heavy atom. The van der Waals surface area contributed by atoms with Gasteiger partial charge in [-0.25, -0.2) is 0 Å². The average Bonchev–Trinajstić information content (AvgIpc) is 2.44. The molecule has 7 heteroatoms. The SMILES string of the molecule is CCCNc1c(C(=O)NCCSC)cccc1[N+](=O)[O-]. The van der Waals surface area contributed by atoms with Gasteiger partial charge in [0.1, 0.15) is 5.69 Å². The fraction of sp³-hybridized carbons (Fsp3) is 0.462. The second kappa shape index (κ2) is 8.42. The summed E-state index contributed by atoms with van der Waals surface area (Å²) in [6.45, 7) is 3.08. The molecular weight excluding hydrogens is 278 g/mol. The summed E-state index contributed by atoms with van der Waals surface area (Å²) < 4.78 is 0. The Morgan fingerprint density at radius 1 is 1.40 bits per heavy atom. The highest BCUT2D eigenvalue weighted by Crippen LogP contribution is 2.28. The third kappa shape index (κ3) is 4.41. The zero-order valence-corrected chi connectivity index (χ0v) is 12.5. The van der Waals surface area contributed by atoms with Gasteiger partial charge in [-0.3, -0.25) is 14.9 Å². The number of nitro benzene ring substituents is 1. The van der Waals surface area contributed by atoms with Gasteiger partial charge in [0.25, 0.3) is 11.6 Å². The molecule has 1 rings (SSSR count).